The first-order valence-corrected chi connectivity index (χ1v) is 7.51. The largest absolute Gasteiger partial charge is 0.264 e. The number of aromatic nitrogens is 3. The number of halogens is 1. The molecule has 0 unspecified atom stereocenters. The molecule has 2 heterocycles. The van der Waals surface area contributed by atoms with E-state index >= 15 is 0 Å². The summed E-state index contributed by atoms with van der Waals surface area (Å²) in [7, 11) is 1.58. The van der Waals surface area contributed by atoms with Crippen LogP contribution in [-0.2, 0) is 9.05 Å². The fourth-order valence-electron chi connectivity index (χ4n) is 1.49. The van der Waals surface area contributed by atoms with Gasteiger partial charge in [-0.05, 0) is 13.8 Å². The molecule has 2 rings (SSSR count). The van der Waals surface area contributed by atoms with Crippen LogP contribution >= 0.6 is 22.0 Å². The van der Waals surface area contributed by atoms with E-state index in [1.165, 1.54) is 16.0 Å². The number of thiazole rings is 1. The van der Waals surface area contributed by atoms with Gasteiger partial charge in [0.25, 0.3) is 9.05 Å². The highest BCUT2D eigenvalue weighted by molar-refractivity contribution is 8.13. The summed E-state index contributed by atoms with van der Waals surface area (Å²) >= 11 is 1.37. The Hall–Kier alpha value is -0.920. The van der Waals surface area contributed by atoms with Crippen molar-refractivity contribution in [2.24, 2.45) is 0 Å². The molecule has 2 aromatic rings. The van der Waals surface area contributed by atoms with Crippen molar-refractivity contribution in [1.29, 1.82) is 0 Å². The molecule has 0 aliphatic heterocycles. The number of nitrogens with zero attached hydrogens (tertiary/aromatic N) is 3. The summed E-state index contributed by atoms with van der Waals surface area (Å²) in [5, 5.41) is 6.53. The van der Waals surface area contributed by atoms with Gasteiger partial charge in [-0.15, -0.1) is 11.3 Å². The summed E-state index contributed by atoms with van der Waals surface area (Å²) < 4.78 is 24.2. The Labute approximate surface area is 101 Å². The van der Waals surface area contributed by atoms with Crippen molar-refractivity contribution in [2.45, 2.75) is 18.7 Å². The molecular formula is C8H8ClN3O2S2. The van der Waals surface area contributed by atoms with E-state index in [1.807, 2.05) is 0 Å². The second-order valence-electron chi connectivity index (χ2n) is 3.16. The molecule has 0 radical (unpaired) electrons. The van der Waals surface area contributed by atoms with Crippen LogP contribution in [0.2, 0.25) is 0 Å². The second kappa shape index (κ2) is 3.83. The first kappa shape index (κ1) is 11.6. The van der Waals surface area contributed by atoms with Crippen molar-refractivity contribution in [2.75, 3.05) is 0 Å². The van der Waals surface area contributed by atoms with Crippen molar-refractivity contribution in [3.63, 3.8) is 0 Å². The molecule has 0 spiro atoms. The Morgan fingerprint density at radius 3 is 2.56 bits per heavy atom. The standard InChI is InChI=1S/C8H8ClN3O2S2/c1-5-7(16(9,13)14)6(2)12(11-5)8-10-3-4-15-8/h3-4H,1-2H3. The van der Waals surface area contributed by atoms with Gasteiger partial charge in [-0.3, -0.25) is 0 Å². The number of rotatable bonds is 2. The molecule has 2 aromatic heterocycles. The molecule has 8 heteroatoms. The highest BCUT2D eigenvalue weighted by Gasteiger charge is 2.23. The average molecular weight is 278 g/mol. The van der Waals surface area contributed by atoms with Gasteiger partial charge in [-0.1, -0.05) is 0 Å². The summed E-state index contributed by atoms with van der Waals surface area (Å²) in [5.41, 5.74) is 0.852. The Morgan fingerprint density at radius 2 is 2.12 bits per heavy atom. The Morgan fingerprint density at radius 1 is 1.44 bits per heavy atom. The van der Waals surface area contributed by atoms with Gasteiger partial charge in [0.2, 0.25) is 5.13 Å². The summed E-state index contributed by atoms with van der Waals surface area (Å²) in [4.78, 5) is 4.12. The van der Waals surface area contributed by atoms with Crippen LogP contribution in [-0.4, -0.2) is 23.2 Å². The molecular weight excluding hydrogens is 270 g/mol. The predicted octanol–water partition coefficient (Wildman–Crippen LogP) is 1.87. The minimum absolute atomic E-state index is 0.0596. The number of hydrogen-bond donors (Lipinski definition) is 0. The molecule has 5 nitrogen and oxygen atoms in total. The van der Waals surface area contributed by atoms with E-state index in [4.69, 9.17) is 10.7 Å². The lowest BCUT2D eigenvalue weighted by atomic mass is 10.4. The third kappa shape index (κ3) is 1.85. The van der Waals surface area contributed by atoms with Crippen LogP contribution in [0, 0.1) is 13.8 Å². The smallest absolute Gasteiger partial charge is 0.227 e. The van der Waals surface area contributed by atoms with E-state index in [9.17, 15) is 8.42 Å². The van der Waals surface area contributed by atoms with E-state index in [0.717, 1.165) is 0 Å². The zero-order valence-corrected chi connectivity index (χ0v) is 10.9. The molecule has 86 valence electrons. The van der Waals surface area contributed by atoms with Gasteiger partial charge in [0.05, 0.1) is 11.4 Å². The second-order valence-corrected chi connectivity index (χ2v) is 6.54. The lowest BCUT2D eigenvalue weighted by Gasteiger charge is -1.98. The maximum atomic E-state index is 11.4. The van der Waals surface area contributed by atoms with Crippen molar-refractivity contribution >= 4 is 31.1 Å². The van der Waals surface area contributed by atoms with Crippen LogP contribution in [0.25, 0.3) is 5.13 Å². The zero-order valence-electron chi connectivity index (χ0n) is 8.51. The molecule has 0 saturated heterocycles. The summed E-state index contributed by atoms with van der Waals surface area (Å²) in [5.74, 6) is 0. The van der Waals surface area contributed by atoms with E-state index in [1.54, 1.807) is 25.4 Å². The van der Waals surface area contributed by atoms with Crippen molar-refractivity contribution in [3.8, 4) is 5.13 Å². The molecule has 0 saturated carbocycles. The maximum absolute atomic E-state index is 11.4. The average Bonchev–Trinajstić information content (AvgIpc) is 2.71. The van der Waals surface area contributed by atoms with Crippen LogP contribution in [0.15, 0.2) is 16.5 Å². The molecule has 0 atom stereocenters. The van der Waals surface area contributed by atoms with Gasteiger partial charge in [0, 0.05) is 22.3 Å². The van der Waals surface area contributed by atoms with E-state index in [-0.39, 0.29) is 4.90 Å². The first-order valence-electron chi connectivity index (χ1n) is 4.32. The van der Waals surface area contributed by atoms with Gasteiger partial charge >= 0.3 is 0 Å². The van der Waals surface area contributed by atoms with Crippen LogP contribution in [0.4, 0.5) is 0 Å². The van der Waals surface area contributed by atoms with Gasteiger partial charge in [-0.2, -0.15) is 5.10 Å². The van der Waals surface area contributed by atoms with Gasteiger partial charge in [-0.25, -0.2) is 18.1 Å². The summed E-state index contributed by atoms with van der Waals surface area (Å²) in [6.45, 7) is 3.25. The Bertz CT molecular complexity index is 616. The Balaban J connectivity index is 2.70. The molecule has 0 aromatic carbocycles. The molecule has 0 bridgehead atoms. The topological polar surface area (TPSA) is 64.8 Å². The third-order valence-corrected chi connectivity index (χ3v) is 4.36. The highest BCUT2D eigenvalue weighted by atomic mass is 35.7. The van der Waals surface area contributed by atoms with E-state index < -0.39 is 9.05 Å². The fraction of sp³-hybridized carbons (Fsp3) is 0.250. The van der Waals surface area contributed by atoms with Crippen LogP contribution < -0.4 is 0 Å². The molecule has 0 aliphatic rings. The number of hydrogen-bond acceptors (Lipinski definition) is 5. The number of aryl methyl sites for hydroxylation is 1. The van der Waals surface area contributed by atoms with Crippen LogP contribution in [0.3, 0.4) is 0 Å². The molecule has 0 fully saturated rings. The monoisotopic (exact) mass is 277 g/mol. The molecule has 0 aliphatic carbocycles. The predicted molar refractivity (Wildman–Crippen MR) is 61.7 cm³/mol. The van der Waals surface area contributed by atoms with Gasteiger partial charge < -0.3 is 0 Å². The van der Waals surface area contributed by atoms with Crippen molar-refractivity contribution in [1.82, 2.24) is 14.8 Å². The molecule has 0 N–H and O–H groups in total. The summed E-state index contributed by atoms with van der Waals surface area (Å²) in [6.07, 6.45) is 1.63. The van der Waals surface area contributed by atoms with Gasteiger partial charge in [0.15, 0.2) is 0 Å². The fourth-order valence-corrected chi connectivity index (χ4v) is 3.63. The van der Waals surface area contributed by atoms with Crippen molar-refractivity contribution < 1.29 is 8.42 Å². The normalized spacial score (nSPS) is 11.9. The first-order chi connectivity index (χ1) is 7.41. The quantitative estimate of drug-likeness (QED) is 0.786. The lowest BCUT2D eigenvalue weighted by molar-refractivity contribution is 0.608. The highest BCUT2D eigenvalue weighted by Crippen LogP contribution is 2.25. The van der Waals surface area contributed by atoms with Crippen molar-refractivity contribution in [3.05, 3.63) is 23.0 Å². The van der Waals surface area contributed by atoms with Gasteiger partial charge in [0.1, 0.15) is 4.90 Å². The minimum Gasteiger partial charge on any atom is -0.227 e. The van der Waals surface area contributed by atoms with E-state index in [2.05, 4.69) is 10.1 Å². The zero-order chi connectivity index (χ0) is 11.9. The lowest BCUT2D eigenvalue weighted by Crippen LogP contribution is -1.99. The van der Waals surface area contributed by atoms with Crippen LogP contribution in [0.5, 0.6) is 0 Å². The third-order valence-electron chi connectivity index (χ3n) is 2.07. The summed E-state index contributed by atoms with van der Waals surface area (Å²) in [6, 6.07) is 0. The minimum atomic E-state index is -3.77. The molecule has 16 heavy (non-hydrogen) atoms. The molecule has 0 amide bonds. The Kier molecular flexibility index (Phi) is 2.77. The van der Waals surface area contributed by atoms with E-state index in [0.29, 0.717) is 16.5 Å². The van der Waals surface area contributed by atoms with Crippen LogP contribution in [0.1, 0.15) is 11.4 Å². The maximum Gasteiger partial charge on any atom is 0.264 e. The SMILES string of the molecule is Cc1nn(-c2nccs2)c(C)c1S(=O)(=O)Cl.